The van der Waals surface area contributed by atoms with E-state index >= 15 is 0 Å². The van der Waals surface area contributed by atoms with Gasteiger partial charge in [0, 0.05) is 5.56 Å². The van der Waals surface area contributed by atoms with Gasteiger partial charge in [-0.1, -0.05) is 42.5 Å². The van der Waals surface area contributed by atoms with E-state index in [1.54, 1.807) is 0 Å². The van der Waals surface area contributed by atoms with Crippen LogP contribution in [0.1, 0.15) is 16.7 Å². The molecule has 18 heavy (non-hydrogen) atoms. The summed E-state index contributed by atoms with van der Waals surface area (Å²) in [7, 11) is 0. The molecule has 1 aliphatic rings. The molecule has 0 bridgehead atoms. The molecule has 90 valence electrons. The molecular formula is C16H16NO+. The number of nitrogens with zero attached hydrogens (tertiary/aromatic N) is 1. The summed E-state index contributed by atoms with van der Waals surface area (Å²) in [6.07, 6.45) is 2.18. The molecule has 2 heteroatoms. The molecule has 0 saturated carbocycles. The van der Waals surface area contributed by atoms with Crippen molar-refractivity contribution in [2.75, 3.05) is 6.73 Å². The molecule has 0 spiro atoms. The van der Waals surface area contributed by atoms with Gasteiger partial charge in [0.25, 0.3) is 6.73 Å². The highest BCUT2D eigenvalue weighted by Gasteiger charge is 2.17. The minimum absolute atomic E-state index is 0.618. The van der Waals surface area contributed by atoms with E-state index in [9.17, 15) is 0 Å². The number of fused-ring (bicyclic) bond motifs is 1. The first-order valence-corrected chi connectivity index (χ1v) is 6.18. The first kappa shape index (κ1) is 11.0. The van der Waals surface area contributed by atoms with Crippen LogP contribution < -0.4 is 4.74 Å². The van der Waals surface area contributed by atoms with Gasteiger partial charge in [-0.2, -0.15) is 4.58 Å². The summed E-state index contributed by atoms with van der Waals surface area (Å²) in [5, 5.41) is 0. The third-order valence-corrected chi connectivity index (χ3v) is 3.17. The van der Waals surface area contributed by atoms with Crippen molar-refractivity contribution < 1.29 is 9.31 Å². The van der Waals surface area contributed by atoms with E-state index in [1.807, 2.05) is 6.07 Å². The van der Waals surface area contributed by atoms with Crippen molar-refractivity contribution in [2.45, 2.75) is 13.5 Å². The van der Waals surface area contributed by atoms with Gasteiger partial charge in [-0.3, -0.25) is 0 Å². The second kappa shape index (κ2) is 4.65. The van der Waals surface area contributed by atoms with Gasteiger partial charge in [0.1, 0.15) is 5.75 Å². The van der Waals surface area contributed by atoms with E-state index in [1.165, 1.54) is 11.1 Å². The van der Waals surface area contributed by atoms with E-state index in [-0.39, 0.29) is 0 Å². The zero-order valence-electron chi connectivity index (χ0n) is 10.5. The van der Waals surface area contributed by atoms with Crippen molar-refractivity contribution in [3.63, 3.8) is 0 Å². The number of ether oxygens (including phenoxy) is 1. The average molecular weight is 238 g/mol. The third-order valence-electron chi connectivity index (χ3n) is 3.17. The number of rotatable bonds is 2. The minimum atomic E-state index is 0.618. The number of hydrogen-bond donors (Lipinski definition) is 0. The van der Waals surface area contributed by atoms with Crippen LogP contribution in [0.25, 0.3) is 0 Å². The number of benzene rings is 2. The van der Waals surface area contributed by atoms with Gasteiger partial charge < -0.3 is 4.74 Å². The fraction of sp³-hybridized carbons (Fsp3) is 0.188. The van der Waals surface area contributed by atoms with Gasteiger partial charge in [-0.15, -0.1) is 0 Å². The normalized spacial score (nSPS) is 13.5. The van der Waals surface area contributed by atoms with Gasteiger partial charge in [0.15, 0.2) is 12.8 Å². The highest BCUT2D eigenvalue weighted by molar-refractivity contribution is 5.81. The Morgan fingerprint density at radius 2 is 1.89 bits per heavy atom. The van der Waals surface area contributed by atoms with Gasteiger partial charge >= 0.3 is 0 Å². The second-order valence-electron chi connectivity index (χ2n) is 4.63. The van der Waals surface area contributed by atoms with Gasteiger partial charge in [-0.05, 0) is 18.6 Å². The van der Waals surface area contributed by atoms with Crippen LogP contribution in [0.15, 0.2) is 48.5 Å². The van der Waals surface area contributed by atoms with Gasteiger partial charge in [0.05, 0.1) is 5.56 Å². The quantitative estimate of drug-likeness (QED) is 0.733. The van der Waals surface area contributed by atoms with Crippen LogP contribution in [-0.4, -0.2) is 17.5 Å². The summed E-state index contributed by atoms with van der Waals surface area (Å²) in [4.78, 5) is 0. The lowest BCUT2D eigenvalue weighted by molar-refractivity contribution is -0.571. The topological polar surface area (TPSA) is 12.2 Å². The first-order valence-electron chi connectivity index (χ1n) is 6.18. The Morgan fingerprint density at radius 1 is 1.06 bits per heavy atom. The average Bonchev–Trinajstić information content (AvgIpc) is 2.40. The predicted octanol–water partition coefficient (Wildman–Crippen LogP) is 2.98. The zero-order chi connectivity index (χ0) is 12.4. The molecule has 2 nitrogen and oxygen atoms in total. The minimum Gasteiger partial charge on any atom is -0.435 e. The smallest absolute Gasteiger partial charge is 0.287 e. The summed E-state index contributed by atoms with van der Waals surface area (Å²) in [6, 6.07) is 16.7. The molecule has 3 rings (SSSR count). The molecule has 0 fully saturated rings. The summed E-state index contributed by atoms with van der Waals surface area (Å²) in [6.45, 7) is 3.58. The fourth-order valence-electron chi connectivity index (χ4n) is 2.26. The van der Waals surface area contributed by atoms with Crippen LogP contribution in [0.5, 0.6) is 5.75 Å². The molecule has 0 N–H and O–H groups in total. The largest absolute Gasteiger partial charge is 0.435 e. The lowest BCUT2D eigenvalue weighted by Gasteiger charge is -2.15. The Bertz CT molecular complexity index is 587. The predicted molar refractivity (Wildman–Crippen MR) is 72.2 cm³/mol. The van der Waals surface area contributed by atoms with E-state index in [2.05, 4.69) is 60.2 Å². The number of hydrogen-bond acceptors (Lipinski definition) is 1. The Kier molecular flexibility index (Phi) is 2.85. The molecule has 0 aromatic heterocycles. The zero-order valence-corrected chi connectivity index (χ0v) is 10.5. The first-order chi connectivity index (χ1) is 8.83. The molecular weight excluding hydrogens is 222 g/mol. The van der Waals surface area contributed by atoms with Crippen molar-refractivity contribution in [3.05, 3.63) is 65.2 Å². The standard InChI is InChI=1S/C16H16NO/c1-13-6-5-9-15-11-17(12-18-16(13)15)10-14-7-3-2-4-8-14/h2-9,11H,10,12H2,1H3/q+1. The summed E-state index contributed by atoms with van der Waals surface area (Å²) in [5.74, 6) is 1.02. The Balaban J connectivity index is 1.88. The van der Waals surface area contributed by atoms with Crippen LogP contribution in [0.4, 0.5) is 0 Å². The number of aryl methyl sites for hydroxylation is 1. The monoisotopic (exact) mass is 238 g/mol. The second-order valence-corrected chi connectivity index (χ2v) is 4.63. The SMILES string of the molecule is Cc1cccc2c1OC[N+](Cc1ccccc1)=C2. The molecule has 0 radical (unpaired) electrons. The van der Waals surface area contributed by atoms with Crippen molar-refractivity contribution in [2.24, 2.45) is 0 Å². The van der Waals surface area contributed by atoms with Crippen molar-refractivity contribution in [1.29, 1.82) is 0 Å². The Hall–Kier alpha value is -2.09. The summed E-state index contributed by atoms with van der Waals surface area (Å²) >= 11 is 0. The fourth-order valence-corrected chi connectivity index (χ4v) is 2.26. The van der Waals surface area contributed by atoms with E-state index in [4.69, 9.17) is 4.74 Å². The molecule has 0 amide bonds. The van der Waals surface area contributed by atoms with E-state index in [0.717, 1.165) is 17.9 Å². The van der Waals surface area contributed by atoms with Crippen molar-refractivity contribution in [3.8, 4) is 5.75 Å². The van der Waals surface area contributed by atoms with Crippen LogP contribution in [0.2, 0.25) is 0 Å². The van der Waals surface area contributed by atoms with Crippen LogP contribution in [-0.2, 0) is 6.54 Å². The molecule has 1 aliphatic heterocycles. The maximum absolute atomic E-state index is 5.83. The molecule has 2 aromatic carbocycles. The van der Waals surface area contributed by atoms with Crippen LogP contribution in [0, 0.1) is 6.92 Å². The maximum atomic E-state index is 5.83. The van der Waals surface area contributed by atoms with Crippen molar-refractivity contribution >= 4 is 6.21 Å². The molecule has 0 unspecified atom stereocenters. The van der Waals surface area contributed by atoms with Crippen LogP contribution >= 0.6 is 0 Å². The highest BCUT2D eigenvalue weighted by Crippen LogP contribution is 2.24. The van der Waals surface area contributed by atoms with E-state index in [0.29, 0.717) is 6.73 Å². The van der Waals surface area contributed by atoms with Gasteiger partial charge in [0.2, 0.25) is 0 Å². The van der Waals surface area contributed by atoms with Gasteiger partial charge in [-0.25, -0.2) is 0 Å². The Morgan fingerprint density at radius 3 is 2.72 bits per heavy atom. The molecule has 0 saturated heterocycles. The summed E-state index contributed by atoms with van der Waals surface area (Å²) < 4.78 is 8.03. The lowest BCUT2D eigenvalue weighted by atomic mass is 10.1. The number of para-hydroxylation sites is 1. The third kappa shape index (κ3) is 2.14. The molecule has 0 atom stereocenters. The lowest BCUT2D eigenvalue weighted by Crippen LogP contribution is -2.24. The Labute approximate surface area is 107 Å². The van der Waals surface area contributed by atoms with E-state index < -0.39 is 0 Å². The molecule has 1 heterocycles. The maximum Gasteiger partial charge on any atom is 0.287 e. The van der Waals surface area contributed by atoms with Crippen LogP contribution in [0.3, 0.4) is 0 Å². The molecule has 2 aromatic rings. The molecule has 0 aliphatic carbocycles. The van der Waals surface area contributed by atoms with Crippen molar-refractivity contribution in [1.82, 2.24) is 0 Å². The highest BCUT2D eigenvalue weighted by atomic mass is 16.5. The summed E-state index contributed by atoms with van der Waals surface area (Å²) in [5.41, 5.74) is 3.66.